The molecule has 0 aliphatic heterocycles. The van der Waals surface area contributed by atoms with E-state index in [0.29, 0.717) is 18.0 Å². The minimum absolute atomic E-state index is 0.0589. The third-order valence-electron chi connectivity index (χ3n) is 2.37. The van der Waals surface area contributed by atoms with E-state index in [2.05, 4.69) is 15.9 Å². The molecule has 0 bridgehead atoms. The first-order valence-corrected chi connectivity index (χ1v) is 8.15. The van der Waals surface area contributed by atoms with Crippen LogP contribution < -0.4 is 5.73 Å². The van der Waals surface area contributed by atoms with Gasteiger partial charge in [0.25, 0.3) is 0 Å². The monoisotopic (exact) mass is 319 g/mol. The average molecular weight is 320 g/mol. The smallest absolute Gasteiger partial charge is 0.154 e. The zero-order chi connectivity index (χ0) is 13.1. The van der Waals surface area contributed by atoms with Crippen molar-refractivity contribution in [2.45, 2.75) is 26.0 Å². The van der Waals surface area contributed by atoms with Gasteiger partial charge in [-0.3, -0.25) is 0 Å². The highest BCUT2D eigenvalue weighted by Gasteiger charge is 2.13. The molecule has 1 rings (SSSR count). The molecule has 0 radical (unpaired) electrons. The third-order valence-corrected chi connectivity index (χ3v) is 4.46. The highest BCUT2D eigenvalue weighted by atomic mass is 79.9. The summed E-state index contributed by atoms with van der Waals surface area (Å²) in [4.78, 5) is 0. The summed E-state index contributed by atoms with van der Waals surface area (Å²) in [6, 6.07) is 5.26. The van der Waals surface area contributed by atoms with Crippen LogP contribution in [-0.2, 0) is 15.6 Å². The van der Waals surface area contributed by atoms with Gasteiger partial charge in [0, 0.05) is 10.2 Å². The summed E-state index contributed by atoms with van der Waals surface area (Å²) in [6.45, 7) is 4.04. The fourth-order valence-electron chi connectivity index (χ4n) is 1.50. The molecule has 0 atom stereocenters. The van der Waals surface area contributed by atoms with Crippen molar-refractivity contribution in [3.8, 4) is 0 Å². The van der Waals surface area contributed by atoms with Crippen molar-refractivity contribution in [3.63, 3.8) is 0 Å². The molecule has 5 heteroatoms. The first-order valence-electron chi connectivity index (χ1n) is 5.54. The predicted octanol–water partition coefficient (Wildman–Crippen LogP) is 2.99. The van der Waals surface area contributed by atoms with Crippen LogP contribution in [0.2, 0.25) is 0 Å². The van der Waals surface area contributed by atoms with Crippen LogP contribution in [0.3, 0.4) is 0 Å². The van der Waals surface area contributed by atoms with Gasteiger partial charge in [-0.15, -0.1) is 0 Å². The topological polar surface area (TPSA) is 60.2 Å². The average Bonchev–Trinajstić information content (AvgIpc) is 2.12. The van der Waals surface area contributed by atoms with E-state index in [1.54, 1.807) is 18.2 Å². The third kappa shape index (κ3) is 5.55. The molecule has 0 saturated heterocycles. The highest BCUT2D eigenvalue weighted by molar-refractivity contribution is 9.10. The van der Waals surface area contributed by atoms with Gasteiger partial charge in [-0.2, -0.15) is 0 Å². The van der Waals surface area contributed by atoms with E-state index in [-0.39, 0.29) is 11.5 Å². The molecule has 17 heavy (non-hydrogen) atoms. The second-order valence-electron chi connectivity index (χ2n) is 4.67. The van der Waals surface area contributed by atoms with E-state index in [4.69, 9.17) is 5.73 Å². The van der Waals surface area contributed by atoms with Crippen molar-refractivity contribution in [1.29, 1.82) is 0 Å². The van der Waals surface area contributed by atoms with Gasteiger partial charge in [0.15, 0.2) is 9.84 Å². The summed E-state index contributed by atoms with van der Waals surface area (Å²) in [5, 5.41) is 0. The van der Waals surface area contributed by atoms with Crippen LogP contribution in [0.15, 0.2) is 22.7 Å². The van der Waals surface area contributed by atoms with Gasteiger partial charge in [0.2, 0.25) is 0 Å². The molecule has 1 aromatic rings. The minimum atomic E-state index is -3.04. The Bertz CT molecular complexity index is 463. The highest BCUT2D eigenvalue weighted by Crippen LogP contribution is 2.19. The zero-order valence-electron chi connectivity index (χ0n) is 10.1. The van der Waals surface area contributed by atoms with Crippen molar-refractivity contribution in [2.75, 3.05) is 11.5 Å². The van der Waals surface area contributed by atoms with Crippen molar-refractivity contribution >= 4 is 31.5 Å². The van der Waals surface area contributed by atoms with Crippen LogP contribution in [-0.4, -0.2) is 14.2 Å². The van der Waals surface area contributed by atoms with Crippen molar-refractivity contribution in [2.24, 2.45) is 5.92 Å². The molecule has 0 unspecified atom stereocenters. The van der Waals surface area contributed by atoms with Gasteiger partial charge in [-0.1, -0.05) is 29.8 Å². The molecular weight excluding hydrogens is 302 g/mol. The Kier molecular flexibility index (Phi) is 5.01. The molecule has 0 fully saturated rings. The lowest BCUT2D eigenvalue weighted by atomic mass is 10.2. The van der Waals surface area contributed by atoms with E-state index in [0.717, 1.165) is 10.0 Å². The lowest BCUT2D eigenvalue weighted by Crippen LogP contribution is -2.11. The van der Waals surface area contributed by atoms with E-state index in [1.165, 1.54) is 0 Å². The van der Waals surface area contributed by atoms with E-state index in [1.807, 2.05) is 13.8 Å². The number of halogens is 1. The maximum absolute atomic E-state index is 11.9. The fourth-order valence-corrected chi connectivity index (χ4v) is 3.71. The molecule has 0 aliphatic carbocycles. The fraction of sp³-hybridized carbons (Fsp3) is 0.500. The Balaban J connectivity index is 2.76. The second-order valence-corrected chi connectivity index (χ2v) is 7.77. The quantitative estimate of drug-likeness (QED) is 0.849. The Hall–Kier alpha value is -0.550. The van der Waals surface area contributed by atoms with Crippen LogP contribution in [0.4, 0.5) is 5.69 Å². The number of nitrogens with two attached hydrogens (primary N) is 1. The lowest BCUT2D eigenvalue weighted by molar-refractivity contribution is 0.573. The van der Waals surface area contributed by atoms with Gasteiger partial charge in [-0.05, 0) is 36.1 Å². The molecular formula is C12H18BrNO2S. The van der Waals surface area contributed by atoms with Crippen molar-refractivity contribution < 1.29 is 8.42 Å². The number of nitrogen functional groups attached to an aromatic ring is 1. The van der Waals surface area contributed by atoms with Crippen LogP contribution in [0.5, 0.6) is 0 Å². The number of anilines is 1. The van der Waals surface area contributed by atoms with Gasteiger partial charge in [0.05, 0.1) is 11.5 Å². The van der Waals surface area contributed by atoms with E-state index >= 15 is 0 Å². The minimum Gasteiger partial charge on any atom is -0.399 e. The SMILES string of the molecule is CC(C)CCS(=O)(=O)Cc1cc(N)cc(Br)c1. The molecule has 0 aliphatic rings. The second kappa shape index (κ2) is 5.87. The summed E-state index contributed by atoms with van der Waals surface area (Å²) < 4.78 is 24.6. The number of benzene rings is 1. The summed E-state index contributed by atoms with van der Waals surface area (Å²) in [7, 11) is -3.04. The molecule has 0 heterocycles. The van der Waals surface area contributed by atoms with Crippen LogP contribution >= 0.6 is 15.9 Å². The molecule has 2 N–H and O–H groups in total. The lowest BCUT2D eigenvalue weighted by Gasteiger charge is -2.07. The maximum atomic E-state index is 11.9. The van der Waals surface area contributed by atoms with Gasteiger partial charge >= 0.3 is 0 Å². The molecule has 3 nitrogen and oxygen atoms in total. The summed E-state index contributed by atoms with van der Waals surface area (Å²) >= 11 is 3.31. The van der Waals surface area contributed by atoms with Crippen LogP contribution in [0.25, 0.3) is 0 Å². The molecule has 96 valence electrons. The normalized spacial score (nSPS) is 12.0. The zero-order valence-corrected chi connectivity index (χ0v) is 12.5. The summed E-state index contributed by atoms with van der Waals surface area (Å²) in [5.41, 5.74) is 6.99. The standard InChI is InChI=1S/C12H18BrNO2S/c1-9(2)3-4-17(15,16)8-10-5-11(13)7-12(14)6-10/h5-7,9H,3-4,8,14H2,1-2H3. The number of hydrogen-bond acceptors (Lipinski definition) is 3. The number of sulfone groups is 1. The van der Waals surface area contributed by atoms with Crippen molar-refractivity contribution in [1.82, 2.24) is 0 Å². The first-order chi connectivity index (χ1) is 7.78. The summed E-state index contributed by atoms with van der Waals surface area (Å²) in [5.74, 6) is 0.692. The van der Waals surface area contributed by atoms with Gasteiger partial charge in [-0.25, -0.2) is 8.42 Å². The Morgan fingerprint density at radius 1 is 1.29 bits per heavy atom. The molecule has 0 saturated carbocycles. The maximum Gasteiger partial charge on any atom is 0.154 e. The first kappa shape index (κ1) is 14.5. The van der Waals surface area contributed by atoms with Gasteiger partial charge < -0.3 is 5.73 Å². The number of rotatable bonds is 5. The Morgan fingerprint density at radius 2 is 1.94 bits per heavy atom. The molecule has 0 aromatic heterocycles. The van der Waals surface area contributed by atoms with Crippen LogP contribution in [0.1, 0.15) is 25.8 Å². The van der Waals surface area contributed by atoms with Crippen LogP contribution in [0, 0.1) is 5.92 Å². The number of hydrogen-bond donors (Lipinski definition) is 1. The summed E-state index contributed by atoms with van der Waals surface area (Å²) in [6.07, 6.45) is 0.700. The molecule has 0 amide bonds. The molecule has 0 spiro atoms. The molecule has 1 aromatic carbocycles. The van der Waals surface area contributed by atoms with Crippen molar-refractivity contribution in [3.05, 3.63) is 28.2 Å². The van der Waals surface area contributed by atoms with E-state index < -0.39 is 9.84 Å². The largest absolute Gasteiger partial charge is 0.399 e. The Labute approximate surface area is 111 Å². The Morgan fingerprint density at radius 3 is 2.47 bits per heavy atom. The predicted molar refractivity (Wildman–Crippen MR) is 75.5 cm³/mol. The van der Waals surface area contributed by atoms with E-state index in [9.17, 15) is 8.42 Å². The van der Waals surface area contributed by atoms with Gasteiger partial charge in [0.1, 0.15) is 0 Å².